The van der Waals surface area contributed by atoms with Crippen LogP contribution in [0.25, 0.3) is 10.8 Å². The smallest absolute Gasteiger partial charge is 0.136 e. The van der Waals surface area contributed by atoms with E-state index < -0.39 is 0 Å². The van der Waals surface area contributed by atoms with Gasteiger partial charge in [0.15, 0.2) is 0 Å². The molecule has 0 saturated carbocycles. The molecule has 1 N–H and O–H groups in total. The molecule has 5 heteroatoms. The van der Waals surface area contributed by atoms with Gasteiger partial charge in [0.25, 0.3) is 0 Å². The van der Waals surface area contributed by atoms with Gasteiger partial charge in [0.2, 0.25) is 0 Å². The minimum atomic E-state index is -0.372. The summed E-state index contributed by atoms with van der Waals surface area (Å²) >= 11 is 0. The molecule has 0 bridgehead atoms. The molecule has 2 aliphatic heterocycles. The Bertz CT molecular complexity index is 1300. The SMILES string of the molecule is Cc1cc(C)c(N=C2C(C)N(O)c3c(ccc4c(C)cccc34)C3C=CN=CN23)c(C)c1. The van der Waals surface area contributed by atoms with Gasteiger partial charge in [0.1, 0.15) is 11.9 Å². The number of rotatable bonds is 1. The third-order valence-corrected chi connectivity index (χ3v) is 6.54. The predicted molar refractivity (Wildman–Crippen MR) is 132 cm³/mol. The molecule has 2 heterocycles. The Balaban J connectivity index is 1.77. The van der Waals surface area contributed by atoms with Crippen molar-refractivity contribution in [2.45, 2.75) is 46.7 Å². The zero-order valence-electron chi connectivity index (χ0n) is 19.2. The fourth-order valence-electron chi connectivity index (χ4n) is 5.00. The maximum Gasteiger partial charge on any atom is 0.136 e. The Morgan fingerprint density at radius 2 is 1.69 bits per heavy atom. The van der Waals surface area contributed by atoms with Gasteiger partial charge in [-0.15, -0.1) is 0 Å². The largest absolute Gasteiger partial charge is 0.307 e. The van der Waals surface area contributed by atoms with Crippen LogP contribution in [-0.4, -0.2) is 28.3 Å². The number of aryl methyl sites for hydroxylation is 4. The number of benzene rings is 3. The average Bonchev–Trinajstić information content (AvgIpc) is 2.85. The third kappa shape index (κ3) is 3.12. The molecule has 0 spiro atoms. The van der Waals surface area contributed by atoms with Crippen LogP contribution in [0.5, 0.6) is 0 Å². The van der Waals surface area contributed by atoms with Crippen molar-refractivity contribution in [2.75, 3.05) is 5.06 Å². The molecule has 0 radical (unpaired) electrons. The standard InChI is InChI=1S/C27H28N4O/c1-16-13-18(3)25(19(4)14-16)29-27-20(5)31(32)26-22-8-6-7-17(2)21(22)9-10-23(26)24-11-12-28-15-30(24)27/h6-15,20,24,32H,1-5H3. The number of hydroxylamine groups is 1. The molecule has 0 aliphatic carbocycles. The van der Waals surface area contributed by atoms with Gasteiger partial charge in [-0.05, 0) is 62.8 Å². The summed E-state index contributed by atoms with van der Waals surface area (Å²) in [5.74, 6) is 0.762. The minimum absolute atomic E-state index is 0.100. The number of anilines is 1. The zero-order valence-corrected chi connectivity index (χ0v) is 19.2. The van der Waals surface area contributed by atoms with E-state index in [1.54, 1.807) is 0 Å². The number of hydrogen-bond donors (Lipinski definition) is 1. The van der Waals surface area contributed by atoms with E-state index in [-0.39, 0.29) is 12.1 Å². The highest BCUT2D eigenvalue weighted by molar-refractivity contribution is 6.05. The first-order valence-corrected chi connectivity index (χ1v) is 11.0. The Morgan fingerprint density at radius 3 is 2.44 bits per heavy atom. The van der Waals surface area contributed by atoms with Crippen LogP contribution < -0.4 is 5.06 Å². The molecule has 0 aromatic heterocycles. The maximum absolute atomic E-state index is 11.5. The Labute approximate surface area is 189 Å². The topological polar surface area (TPSA) is 51.4 Å². The van der Waals surface area contributed by atoms with E-state index in [2.05, 4.69) is 80.1 Å². The lowest BCUT2D eigenvalue weighted by Gasteiger charge is -2.31. The van der Waals surface area contributed by atoms with Crippen LogP contribution in [0.2, 0.25) is 0 Å². The monoisotopic (exact) mass is 424 g/mol. The molecule has 3 aromatic rings. The van der Waals surface area contributed by atoms with E-state index >= 15 is 0 Å². The first-order valence-electron chi connectivity index (χ1n) is 11.0. The highest BCUT2D eigenvalue weighted by Crippen LogP contribution is 2.42. The van der Waals surface area contributed by atoms with Crippen molar-refractivity contribution in [2.24, 2.45) is 9.98 Å². The highest BCUT2D eigenvalue weighted by atomic mass is 16.5. The van der Waals surface area contributed by atoms with Gasteiger partial charge in [0, 0.05) is 17.1 Å². The van der Waals surface area contributed by atoms with E-state index in [1.165, 1.54) is 16.2 Å². The molecule has 2 atom stereocenters. The van der Waals surface area contributed by atoms with Crippen molar-refractivity contribution >= 4 is 34.3 Å². The van der Waals surface area contributed by atoms with Gasteiger partial charge < -0.3 is 4.90 Å². The van der Waals surface area contributed by atoms with E-state index in [4.69, 9.17) is 4.99 Å². The summed E-state index contributed by atoms with van der Waals surface area (Å²) in [5, 5.41) is 15.1. The minimum Gasteiger partial charge on any atom is -0.307 e. The van der Waals surface area contributed by atoms with Crippen molar-refractivity contribution in [3.05, 3.63) is 82.6 Å². The molecular formula is C27H28N4O. The number of hydrogen-bond acceptors (Lipinski definition) is 4. The molecular weight excluding hydrogens is 396 g/mol. The Morgan fingerprint density at radius 1 is 0.938 bits per heavy atom. The molecule has 3 aromatic carbocycles. The number of nitrogens with zero attached hydrogens (tertiary/aromatic N) is 4. The van der Waals surface area contributed by atoms with Gasteiger partial charge in [-0.3, -0.25) is 5.21 Å². The van der Waals surface area contributed by atoms with Crippen molar-refractivity contribution in [3.63, 3.8) is 0 Å². The van der Waals surface area contributed by atoms with Gasteiger partial charge >= 0.3 is 0 Å². The quantitative estimate of drug-likeness (QED) is 0.499. The van der Waals surface area contributed by atoms with E-state index in [9.17, 15) is 5.21 Å². The van der Waals surface area contributed by atoms with Crippen LogP contribution in [-0.2, 0) is 0 Å². The Hall–Kier alpha value is -3.44. The highest BCUT2D eigenvalue weighted by Gasteiger charge is 2.36. The second kappa shape index (κ2) is 7.61. The third-order valence-electron chi connectivity index (χ3n) is 6.54. The normalized spacial score (nSPS) is 21.1. The summed E-state index contributed by atoms with van der Waals surface area (Å²) < 4.78 is 0. The second-order valence-electron chi connectivity index (χ2n) is 8.87. The number of aliphatic imine (C=N–C) groups is 2. The summed E-state index contributed by atoms with van der Waals surface area (Å²) in [7, 11) is 0. The molecule has 32 heavy (non-hydrogen) atoms. The second-order valence-corrected chi connectivity index (χ2v) is 8.87. The first kappa shape index (κ1) is 20.5. The maximum atomic E-state index is 11.5. The lowest BCUT2D eigenvalue weighted by Crippen LogP contribution is -2.44. The molecule has 2 unspecified atom stereocenters. The van der Waals surface area contributed by atoms with Crippen LogP contribution in [0.15, 0.2) is 64.7 Å². The molecule has 5 nitrogen and oxygen atoms in total. The molecule has 0 amide bonds. The van der Waals surface area contributed by atoms with Crippen LogP contribution in [0, 0.1) is 27.7 Å². The molecule has 0 fully saturated rings. The van der Waals surface area contributed by atoms with E-state index in [1.807, 2.05) is 25.5 Å². The van der Waals surface area contributed by atoms with Crippen molar-refractivity contribution in [1.82, 2.24) is 4.90 Å². The van der Waals surface area contributed by atoms with Crippen molar-refractivity contribution in [3.8, 4) is 0 Å². The number of fused-ring (bicyclic) bond motifs is 5. The van der Waals surface area contributed by atoms with Gasteiger partial charge in [-0.1, -0.05) is 48.0 Å². The number of amidine groups is 1. The molecule has 0 saturated heterocycles. The molecule has 162 valence electrons. The van der Waals surface area contributed by atoms with Gasteiger partial charge in [-0.25, -0.2) is 15.0 Å². The van der Waals surface area contributed by atoms with Crippen LogP contribution in [0.3, 0.4) is 0 Å². The molecule has 5 rings (SSSR count). The van der Waals surface area contributed by atoms with Crippen LogP contribution >= 0.6 is 0 Å². The summed E-state index contributed by atoms with van der Waals surface area (Å²) in [6.45, 7) is 10.4. The van der Waals surface area contributed by atoms with Crippen LogP contribution in [0.1, 0.15) is 40.8 Å². The summed E-state index contributed by atoms with van der Waals surface area (Å²) in [5.41, 5.74) is 7.45. The Kier molecular flexibility index (Phi) is 4.86. The van der Waals surface area contributed by atoms with Crippen LogP contribution in [0.4, 0.5) is 11.4 Å². The van der Waals surface area contributed by atoms with Crippen molar-refractivity contribution in [1.29, 1.82) is 0 Å². The average molecular weight is 425 g/mol. The lowest BCUT2D eigenvalue weighted by molar-refractivity contribution is 0.243. The summed E-state index contributed by atoms with van der Waals surface area (Å²) in [6.07, 6.45) is 5.71. The lowest BCUT2D eigenvalue weighted by atomic mass is 9.96. The zero-order chi connectivity index (χ0) is 22.6. The first-order chi connectivity index (χ1) is 15.4. The van der Waals surface area contributed by atoms with E-state index in [0.717, 1.165) is 44.7 Å². The summed E-state index contributed by atoms with van der Waals surface area (Å²) in [6, 6.07) is 14.3. The fraction of sp³-hybridized carbons (Fsp3) is 0.259. The fourth-order valence-corrected chi connectivity index (χ4v) is 5.00. The van der Waals surface area contributed by atoms with E-state index in [0.29, 0.717) is 0 Å². The van der Waals surface area contributed by atoms with Crippen molar-refractivity contribution < 1.29 is 5.21 Å². The van der Waals surface area contributed by atoms with Gasteiger partial charge in [-0.2, -0.15) is 0 Å². The molecule has 2 aliphatic rings. The summed E-state index contributed by atoms with van der Waals surface area (Å²) in [4.78, 5) is 11.6. The van der Waals surface area contributed by atoms with Gasteiger partial charge in [0.05, 0.1) is 23.8 Å². The predicted octanol–water partition coefficient (Wildman–Crippen LogP) is 6.30.